The van der Waals surface area contributed by atoms with Gasteiger partial charge in [-0.05, 0) is 37.7 Å². The number of anilines is 2. The normalized spacial score (nSPS) is 23.6. The van der Waals surface area contributed by atoms with E-state index in [0.717, 1.165) is 31.4 Å². The molecule has 1 saturated carbocycles. The van der Waals surface area contributed by atoms with Crippen LogP contribution < -0.4 is 11.1 Å². The molecule has 0 amide bonds. The highest BCUT2D eigenvalue weighted by Crippen LogP contribution is 2.33. The zero-order chi connectivity index (χ0) is 14.0. The zero-order valence-corrected chi connectivity index (χ0v) is 11.3. The van der Waals surface area contributed by atoms with E-state index in [-0.39, 0.29) is 17.7 Å². The third kappa shape index (κ3) is 3.68. The van der Waals surface area contributed by atoms with Gasteiger partial charge in [-0.2, -0.15) is 24.9 Å². The zero-order valence-electron chi connectivity index (χ0n) is 10.5. The molecule has 0 bridgehead atoms. The number of nitrogens with two attached hydrogens (primary N) is 1. The number of alkyl halides is 3. The van der Waals surface area contributed by atoms with Crippen molar-refractivity contribution in [2.24, 2.45) is 0 Å². The minimum atomic E-state index is -4.40. The predicted octanol–water partition coefficient (Wildman–Crippen LogP) is 3.38. The van der Waals surface area contributed by atoms with Gasteiger partial charge in [0.2, 0.25) is 0 Å². The van der Waals surface area contributed by atoms with E-state index in [1.165, 1.54) is 0 Å². The van der Waals surface area contributed by atoms with Crippen LogP contribution >= 0.6 is 11.8 Å². The number of halogens is 3. The average molecular weight is 291 g/mol. The van der Waals surface area contributed by atoms with Gasteiger partial charge in [0.25, 0.3) is 0 Å². The van der Waals surface area contributed by atoms with Gasteiger partial charge in [0.1, 0.15) is 11.6 Å². The van der Waals surface area contributed by atoms with E-state index in [0.29, 0.717) is 5.25 Å². The standard InChI is InChI=1S/C12H16F3N3S/c1-19-9-3-2-8(6-9)17-11-5-7(12(13,14)15)4-10(16)18-11/h4-5,8-9H,2-3,6H2,1H3,(H3,16,17,18). The lowest BCUT2D eigenvalue weighted by Crippen LogP contribution is -2.18. The van der Waals surface area contributed by atoms with Crippen LogP contribution in [0.1, 0.15) is 24.8 Å². The molecule has 0 aromatic carbocycles. The highest BCUT2D eigenvalue weighted by atomic mass is 32.2. The monoisotopic (exact) mass is 291 g/mol. The Kier molecular flexibility index (Phi) is 4.13. The van der Waals surface area contributed by atoms with Gasteiger partial charge < -0.3 is 11.1 Å². The SMILES string of the molecule is CSC1CCC(Nc2cc(C(F)(F)F)cc(N)n2)C1. The Morgan fingerprint density at radius 1 is 1.37 bits per heavy atom. The van der Waals surface area contributed by atoms with Crippen LogP contribution in [0.4, 0.5) is 24.8 Å². The minimum Gasteiger partial charge on any atom is -0.384 e. The quantitative estimate of drug-likeness (QED) is 0.896. The van der Waals surface area contributed by atoms with E-state index < -0.39 is 11.7 Å². The van der Waals surface area contributed by atoms with E-state index in [1.807, 2.05) is 6.26 Å². The van der Waals surface area contributed by atoms with Crippen molar-refractivity contribution in [1.82, 2.24) is 4.98 Å². The molecule has 1 aliphatic rings. The molecule has 0 saturated heterocycles. The van der Waals surface area contributed by atoms with Crippen LogP contribution in [-0.2, 0) is 6.18 Å². The van der Waals surface area contributed by atoms with Gasteiger partial charge in [0, 0.05) is 11.3 Å². The first-order valence-corrected chi connectivity index (χ1v) is 7.31. The van der Waals surface area contributed by atoms with Crippen LogP contribution in [0.5, 0.6) is 0 Å². The van der Waals surface area contributed by atoms with Crippen molar-refractivity contribution >= 4 is 23.4 Å². The molecule has 1 aromatic rings. The molecular weight excluding hydrogens is 275 g/mol. The molecule has 0 aliphatic heterocycles. The largest absolute Gasteiger partial charge is 0.416 e. The first-order chi connectivity index (χ1) is 8.88. The summed E-state index contributed by atoms with van der Waals surface area (Å²) in [5.74, 6) is 0.0933. The molecule has 0 spiro atoms. The molecule has 2 unspecified atom stereocenters. The predicted molar refractivity (Wildman–Crippen MR) is 72.2 cm³/mol. The minimum absolute atomic E-state index is 0.114. The average Bonchev–Trinajstić information content (AvgIpc) is 2.75. The number of hydrogen-bond acceptors (Lipinski definition) is 4. The van der Waals surface area contributed by atoms with Crippen LogP contribution in [0.2, 0.25) is 0 Å². The van der Waals surface area contributed by atoms with Crippen LogP contribution in [0.15, 0.2) is 12.1 Å². The summed E-state index contributed by atoms with van der Waals surface area (Å²) in [5.41, 5.74) is 4.67. The molecule has 1 aliphatic carbocycles. The first-order valence-electron chi connectivity index (χ1n) is 6.02. The number of nitrogen functional groups attached to an aromatic ring is 1. The Bertz CT molecular complexity index is 450. The van der Waals surface area contributed by atoms with Gasteiger partial charge in [-0.25, -0.2) is 4.98 Å². The molecule has 2 atom stereocenters. The fraction of sp³-hybridized carbons (Fsp3) is 0.583. The number of pyridine rings is 1. The second-order valence-electron chi connectivity index (χ2n) is 4.68. The van der Waals surface area contributed by atoms with Crippen LogP contribution in [-0.4, -0.2) is 22.5 Å². The number of nitrogens with one attached hydrogen (secondary N) is 1. The topological polar surface area (TPSA) is 50.9 Å². The van der Waals surface area contributed by atoms with Crippen molar-refractivity contribution in [1.29, 1.82) is 0 Å². The third-order valence-electron chi connectivity index (χ3n) is 3.24. The van der Waals surface area contributed by atoms with Crippen molar-refractivity contribution in [2.75, 3.05) is 17.3 Å². The second kappa shape index (κ2) is 5.48. The maximum Gasteiger partial charge on any atom is 0.416 e. The van der Waals surface area contributed by atoms with Crippen LogP contribution in [0, 0.1) is 0 Å². The molecule has 3 N–H and O–H groups in total. The number of aromatic nitrogens is 1. The van der Waals surface area contributed by atoms with E-state index in [9.17, 15) is 13.2 Å². The molecule has 1 aromatic heterocycles. The summed E-state index contributed by atoms with van der Waals surface area (Å²) in [6.45, 7) is 0. The fourth-order valence-corrected chi connectivity index (χ4v) is 3.08. The van der Waals surface area contributed by atoms with E-state index >= 15 is 0 Å². The summed E-state index contributed by atoms with van der Waals surface area (Å²) in [4.78, 5) is 3.92. The second-order valence-corrected chi connectivity index (χ2v) is 5.81. The maximum absolute atomic E-state index is 12.7. The van der Waals surface area contributed by atoms with Gasteiger partial charge in [-0.15, -0.1) is 0 Å². The van der Waals surface area contributed by atoms with Crippen molar-refractivity contribution in [3.05, 3.63) is 17.7 Å². The Morgan fingerprint density at radius 2 is 2.11 bits per heavy atom. The lowest BCUT2D eigenvalue weighted by molar-refractivity contribution is -0.137. The Labute approximate surface area is 114 Å². The number of hydrogen-bond donors (Lipinski definition) is 2. The summed E-state index contributed by atoms with van der Waals surface area (Å²) in [5, 5.41) is 3.62. The van der Waals surface area contributed by atoms with Gasteiger partial charge in [-0.3, -0.25) is 0 Å². The number of nitrogens with zero attached hydrogens (tertiary/aromatic N) is 1. The van der Waals surface area contributed by atoms with E-state index in [1.54, 1.807) is 11.8 Å². The van der Waals surface area contributed by atoms with Gasteiger partial charge >= 0.3 is 6.18 Å². The summed E-state index contributed by atoms with van der Waals surface area (Å²) in [6, 6.07) is 2.04. The van der Waals surface area contributed by atoms with Crippen molar-refractivity contribution in [3.8, 4) is 0 Å². The van der Waals surface area contributed by atoms with E-state index in [2.05, 4.69) is 10.3 Å². The van der Waals surface area contributed by atoms with Gasteiger partial charge in [0.05, 0.1) is 5.56 Å². The number of rotatable bonds is 3. The van der Waals surface area contributed by atoms with E-state index in [4.69, 9.17) is 5.73 Å². The third-order valence-corrected chi connectivity index (χ3v) is 4.34. The van der Waals surface area contributed by atoms with Crippen molar-refractivity contribution < 1.29 is 13.2 Å². The molecule has 3 nitrogen and oxygen atoms in total. The smallest absolute Gasteiger partial charge is 0.384 e. The summed E-state index contributed by atoms with van der Waals surface area (Å²) >= 11 is 1.79. The molecule has 7 heteroatoms. The highest BCUT2D eigenvalue weighted by Gasteiger charge is 2.32. The molecule has 106 valence electrons. The van der Waals surface area contributed by atoms with Crippen molar-refractivity contribution in [2.45, 2.75) is 36.7 Å². The summed E-state index contributed by atoms with van der Waals surface area (Å²) < 4.78 is 38.0. The Hall–Kier alpha value is -1.11. The lowest BCUT2D eigenvalue weighted by atomic mass is 10.2. The molecular formula is C12H16F3N3S. The highest BCUT2D eigenvalue weighted by molar-refractivity contribution is 7.99. The van der Waals surface area contributed by atoms with Crippen LogP contribution in [0.3, 0.4) is 0 Å². The Balaban J connectivity index is 2.11. The molecule has 19 heavy (non-hydrogen) atoms. The Morgan fingerprint density at radius 3 is 2.68 bits per heavy atom. The molecule has 0 radical (unpaired) electrons. The summed E-state index contributed by atoms with van der Waals surface area (Å²) in [7, 11) is 0. The number of thioether (sulfide) groups is 1. The molecule has 1 heterocycles. The maximum atomic E-state index is 12.7. The van der Waals surface area contributed by atoms with Crippen LogP contribution in [0.25, 0.3) is 0 Å². The lowest BCUT2D eigenvalue weighted by Gasteiger charge is -2.15. The van der Waals surface area contributed by atoms with Crippen molar-refractivity contribution in [3.63, 3.8) is 0 Å². The van der Waals surface area contributed by atoms with Gasteiger partial charge in [0.15, 0.2) is 0 Å². The van der Waals surface area contributed by atoms with Gasteiger partial charge in [-0.1, -0.05) is 0 Å². The molecule has 1 fully saturated rings. The first kappa shape index (κ1) is 14.3. The summed E-state index contributed by atoms with van der Waals surface area (Å²) in [6.07, 6.45) is 0.619. The fourth-order valence-electron chi connectivity index (χ4n) is 2.28. The molecule has 2 rings (SSSR count).